The number of nitrogens with zero attached hydrogens (tertiary/aromatic N) is 1. The van der Waals surface area contributed by atoms with Crippen LogP contribution in [0.5, 0.6) is 0 Å². The maximum Gasteiger partial charge on any atom is 0.319 e. The topological polar surface area (TPSA) is 74.2 Å². The number of aryl methyl sites for hydroxylation is 1. The molecule has 0 unspecified atom stereocenters. The highest BCUT2D eigenvalue weighted by Crippen LogP contribution is 2.24. The lowest BCUT2D eigenvalue weighted by molar-refractivity contribution is 0.0354. The summed E-state index contributed by atoms with van der Waals surface area (Å²) in [5.41, 5.74) is 1.89. The Morgan fingerprint density at radius 2 is 1.91 bits per heavy atom. The Morgan fingerprint density at radius 1 is 1.26 bits per heavy atom. The average Bonchev–Trinajstić information content (AvgIpc) is 3.00. The molecule has 2 aromatic rings. The van der Waals surface area contributed by atoms with Crippen molar-refractivity contribution in [1.82, 2.24) is 10.3 Å². The lowest BCUT2D eigenvalue weighted by Gasteiger charge is -2.25. The van der Waals surface area contributed by atoms with Gasteiger partial charge in [0.05, 0.1) is 5.60 Å². The monoisotopic (exact) mass is 333 g/mol. The van der Waals surface area contributed by atoms with Gasteiger partial charge in [-0.25, -0.2) is 9.78 Å². The summed E-state index contributed by atoms with van der Waals surface area (Å²) < 4.78 is 0. The Bertz CT molecular complexity index is 648. The van der Waals surface area contributed by atoms with Gasteiger partial charge in [-0.1, -0.05) is 13.8 Å². The molecule has 2 rings (SSSR count). The van der Waals surface area contributed by atoms with Gasteiger partial charge < -0.3 is 15.7 Å². The van der Waals surface area contributed by atoms with Crippen molar-refractivity contribution in [2.75, 3.05) is 11.9 Å². The zero-order valence-corrected chi connectivity index (χ0v) is 14.5. The molecule has 3 N–H and O–H groups in total. The Balaban J connectivity index is 1.92. The largest absolute Gasteiger partial charge is 0.388 e. The SMILES string of the molecule is CCC(O)(CC)CNC(=O)Nc1ccc(-c2nc(C)cs2)cc1. The third-order valence-electron chi connectivity index (χ3n) is 3.90. The van der Waals surface area contributed by atoms with Gasteiger partial charge in [0.1, 0.15) is 5.01 Å². The second-order valence-corrected chi connectivity index (χ2v) is 6.47. The molecule has 0 aliphatic carbocycles. The maximum absolute atomic E-state index is 11.9. The number of aliphatic hydroxyl groups is 1. The van der Waals surface area contributed by atoms with Gasteiger partial charge in [0.25, 0.3) is 0 Å². The van der Waals surface area contributed by atoms with E-state index in [0.717, 1.165) is 16.3 Å². The zero-order valence-electron chi connectivity index (χ0n) is 13.7. The number of carbonyl (C=O) groups is 1. The molecule has 1 aromatic heterocycles. The number of anilines is 1. The van der Waals surface area contributed by atoms with Crippen molar-refractivity contribution in [2.24, 2.45) is 0 Å². The van der Waals surface area contributed by atoms with E-state index in [1.54, 1.807) is 11.3 Å². The molecule has 1 aromatic carbocycles. The Labute approximate surface area is 140 Å². The summed E-state index contributed by atoms with van der Waals surface area (Å²) in [6.07, 6.45) is 1.21. The number of hydrogen-bond donors (Lipinski definition) is 3. The van der Waals surface area contributed by atoms with Crippen LogP contribution < -0.4 is 10.6 Å². The van der Waals surface area contributed by atoms with Crippen LogP contribution in [0, 0.1) is 6.92 Å². The number of benzene rings is 1. The Morgan fingerprint density at radius 3 is 2.43 bits per heavy atom. The highest BCUT2D eigenvalue weighted by Gasteiger charge is 2.22. The molecule has 0 radical (unpaired) electrons. The van der Waals surface area contributed by atoms with Crippen LogP contribution in [-0.2, 0) is 0 Å². The predicted octanol–water partition coefficient (Wildman–Crippen LogP) is 3.79. The second-order valence-electron chi connectivity index (χ2n) is 5.61. The van der Waals surface area contributed by atoms with Crippen LogP contribution >= 0.6 is 11.3 Å². The fourth-order valence-electron chi connectivity index (χ4n) is 2.10. The first kappa shape index (κ1) is 17.4. The molecule has 23 heavy (non-hydrogen) atoms. The normalized spacial score (nSPS) is 11.3. The van der Waals surface area contributed by atoms with E-state index in [9.17, 15) is 9.90 Å². The molecule has 124 valence electrons. The van der Waals surface area contributed by atoms with Crippen molar-refractivity contribution in [2.45, 2.75) is 39.2 Å². The first-order valence-corrected chi connectivity index (χ1v) is 8.63. The van der Waals surface area contributed by atoms with Gasteiger partial charge >= 0.3 is 6.03 Å². The van der Waals surface area contributed by atoms with Crippen LogP contribution in [-0.4, -0.2) is 28.3 Å². The molecular formula is C17H23N3O2S. The first-order chi connectivity index (χ1) is 11.0. The average molecular weight is 333 g/mol. The van der Waals surface area contributed by atoms with Crippen molar-refractivity contribution < 1.29 is 9.90 Å². The van der Waals surface area contributed by atoms with Crippen LogP contribution in [0.3, 0.4) is 0 Å². The lowest BCUT2D eigenvalue weighted by atomic mass is 9.98. The molecule has 0 fully saturated rings. The smallest absolute Gasteiger partial charge is 0.319 e. The van der Waals surface area contributed by atoms with E-state index in [1.807, 2.05) is 50.4 Å². The summed E-state index contributed by atoms with van der Waals surface area (Å²) in [7, 11) is 0. The van der Waals surface area contributed by atoms with Crippen LogP contribution in [0.15, 0.2) is 29.6 Å². The molecule has 0 aliphatic heterocycles. The van der Waals surface area contributed by atoms with Crippen molar-refractivity contribution in [1.29, 1.82) is 0 Å². The molecule has 6 heteroatoms. The minimum atomic E-state index is -0.843. The van der Waals surface area contributed by atoms with Crippen molar-refractivity contribution in [3.05, 3.63) is 35.3 Å². The van der Waals surface area contributed by atoms with E-state index < -0.39 is 5.60 Å². The van der Waals surface area contributed by atoms with Gasteiger partial charge in [0.15, 0.2) is 0 Å². The third kappa shape index (κ3) is 4.77. The van der Waals surface area contributed by atoms with Crippen molar-refractivity contribution in [3.8, 4) is 10.6 Å². The number of aromatic nitrogens is 1. The number of carbonyl (C=O) groups excluding carboxylic acids is 1. The van der Waals surface area contributed by atoms with E-state index in [4.69, 9.17) is 0 Å². The van der Waals surface area contributed by atoms with Gasteiger partial charge in [-0.05, 0) is 44.0 Å². The van der Waals surface area contributed by atoms with Crippen LogP contribution in [0.2, 0.25) is 0 Å². The summed E-state index contributed by atoms with van der Waals surface area (Å²) in [6, 6.07) is 7.24. The van der Waals surface area contributed by atoms with Crippen LogP contribution in [0.1, 0.15) is 32.4 Å². The third-order valence-corrected chi connectivity index (χ3v) is 4.91. The molecular weight excluding hydrogens is 310 g/mol. The fraction of sp³-hybridized carbons (Fsp3) is 0.412. The van der Waals surface area contributed by atoms with Gasteiger partial charge in [-0.15, -0.1) is 11.3 Å². The van der Waals surface area contributed by atoms with Gasteiger partial charge in [0.2, 0.25) is 0 Å². The lowest BCUT2D eigenvalue weighted by Crippen LogP contribution is -2.43. The molecule has 0 bridgehead atoms. The summed E-state index contributed by atoms with van der Waals surface area (Å²) in [5.74, 6) is 0. The quantitative estimate of drug-likeness (QED) is 0.753. The van der Waals surface area contributed by atoms with E-state index in [1.165, 1.54) is 0 Å². The van der Waals surface area contributed by atoms with E-state index in [2.05, 4.69) is 15.6 Å². The highest BCUT2D eigenvalue weighted by molar-refractivity contribution is 7.13. The van der Waals surface area contributed by atoms with Crippen molar-refractivity contribution in [3.63, 3.8) is 0 Å². The minimum absolute atomic E-state index is 0.238. The van der Waals surface area contributed by atoms with E-state index in [0.29, 0.717) is 18.5 Å². The summed E-state index contributed by atoms with van der Waals surface area (Å²) in [4.78, 5) is 16.3. The first-order valence-electron chi connectivity index (χ1n) is 7.75. The molecule has 2 amide bonds. The number of nitrogens with one attached hydrogen (secondary N) is 2. The number of thiazole rings is 1. The molecule has 5 nitrogen and oxygen atoms in total. The summed E-state index contributed by atoms with van der Waals surface area (Å²) in [6.45, 7) is 6.01. The molecule has 0 saturated carbocycles. The summed E-state index contributed by atoms with van der Waals surface area (Å²) in [5, 5.41) is 18.6. The Hall–Kier alpha value is -1.92. The fourth-order valence-corrected chi connectivity index (χ4v) is 2.91. The minimum Gasteiger partial charge on any atom is -0.388 e. The molecule has 0 saturated heterocycles. The number of hydrogen-bond acceptors (Lipinski definition) is 4. The second kappa shape index (κ2) is 7.57. The van der Waals surface area contributed by atoms with E-state index >= 15 is 0 Å². The number of amides is 2. The predicted molar refractivity (Wildman–Crippen MR) is 94.8 cm³/mol. The van der Waals surface area contributed by atoms with Crippen molar-refractivity contribution >= 4 is 23.1 Å². The molecule has 0 aliphatic rings. The Kier molecular flexibility index (Phi) is 5.74. The van der Waals surface area contributed by atoms with Crippen LogP contribution in [0.25, 0.3) is 10.6 Å². The van der Waals surface area contributed by atoms with Gasteiger partial charge in [0, 0.05) is 28.9 Å². The molecule has 0 spiro atoms. The zero-order chi connectivity index (χ0) is 16.9. The van der Waals surface area contributed by atoms with Crippen LogP contribution in [0.4, 0.5) is 10.5 Å². The maximum atomic E-state index is 11.9. The molecule has 1 heterocycles. The summed E-state index contributed by atoms with van der Waals surface area (Å²) >= 11 is 1.60. The van der Waals surface area contributed by atoms with Gasteiger partial charge in [-0.3, -0.25) is 0 Å². The van der Waals surface area contributed by atoms with E-state index in [-0.39, 0.29) is 12.6 Å². The highest BCUT2D eigenvalue weighted by atomic mass is 32.1. The molecule has 0 atom stereocenters. The number of rotatable bonds is 6. The number of urea groups is 1. The standard InChI is InChI=1S/C17H23N3O2S/c1-4-17(22,5-2)11-18-16(21)20-14-8-6-13(7-9-14)15-19-12(3)10-23-15/h6-10,22H,4-5,11H2,1-3H3,(H2,18,20,21). The van der Waals surface area contributed by atoms with Gasteiger partial charge in [-0.2, -0.15) is 0 Å².